The second kappa shape index (κ2) is 7.15. The van der Waals surface area contributed by atoms with Gasteiger partial charge in [0.05, 0.1) is 11.5 Å². The van der Waals surface area contributed by atoms with E-state index < -0.39 is 6.61 Å². The Morgan fingerprint density at radius 1 is 1.08 bits per heavy atom. The zero-order valence-electron chi connectivity index (χ0n) is 13.3. The summed E-state index contributed by atoms with van der Waals surface area (Å²) >= 11 is 0. The van der Waals surface area contributed by atoms with Crippen molar-refractivity contribution in [2.24, 2.45) is 5.92 Å². The zero-order valence-corrected chi connectivity index (χ0v) is 13.3. The molecule has 0 N–H and O–H groups in total. The molecule has 130 valence electrons. The maximum Gasteiger partial charge on any atom is 0.387 e. The second-order valence-corrected chi connectivity index (χ2v) is 6.14. The Morgan fingerprint density at radius 3 is 2.46 bits per heavy atom. The Kier molecular flexibility index (Phi) is 4.97. The molecule has 1 atom stereocenters. The number of ether oxygens (including phenoxy) is 1. The zero-order chi connectivity index (χ0) is 17.1. The third-order valence-electron chi connectivity index (χ3n) is 4.56. The average Bonchev–Trinajstić information content (AvgIpc) is 2.52. The number of nitrogens with zero attached hydrogens (tertiary/aromatic N) is 2. The van der Waals surface area contributed by atoms with E-state index in [1.807, 2.05) is 4.90 Å². The Balaban J connectivity index is 1.71. The molecule has 5 nitrogen and oxygen atoms in total. The normalized spacial score (nSPS) is 20.7. The van der Waals surface area contributed by atoms with Crippen molar-refractivity contribution in [1.29, 1.82) is 0 Å². The minimum absolute atomic E-state index is 0.0934. The van der Waals surface area contributed by atoms with Gasteiger partial charge in [-0.05, 0) is 31.4 Å². The fourth-order valence-corrected chi connectivity index (χ4v) is 3.17. The minimum Gasteiger partial charge on any atom is -0.434 e. The van der Waals surface area contributed by atoms with E-state index in [2.05, 4.69) is 4.74 Å². The lowest BCUT2D eigenvalue weighted by molar-refractivity contribution is -0.140. The summed E-state index contributed by atoms with van der Waals surface area (Å²) in [6, 6.07) is 5.98. The van der Waals surface area contributed by atoms with Gasteiger partial charge in [-0.1, -0.05) is 12.1 Å². The second-order valence-electron chi connectivity index (χ2n) is 6.14. The van der Waals surface area contributed by atoms with Gasteiger partial charge >= 0.3 is 6.61 Å². The number of alkyl halides is 2. The predicted octanol–water partition coefficient (Wildman–Crippen LogP) is 2.37. The van der Waals surface area contributed by atoms with Crippen LogP contribution < -0.4 is 4.74 Å². The van der Waals surface area contributed by atoms with Crippen LogP contribution in [0.25, 0.3) is 0 Å². The van der Waals surface area contributed by atoms with Crippen molar-refractivity contribution in [2.75, 3.05) is 26.2 Å². The van der Waals surface area contributed by atoms with E-state index in [1.165, 1.54) is 12.1 Å². The molecule has 1 aromatic rings. The molecule has 2 aliphatic rings. The summed E-state index contributed by atoms with van der Waals surface area (Å²) in [5.41, 5.74) is 0.106. The van der Waals surface area contributed by atoms with E-state index in [1.54, 1.807) is 17.0 Å². The molecule has 0 aromatic heterocycles. The first-order chi connectivity index (χ1) is 11.6. The summed E-state index contributed by atoms with van der Waals surface area (Å²) in [6.45, 7) is -0.563. The van der Waals surface area contributed by atoms with Crippen LogP contribution in [0.5, 0.6) is 5.75 Å². The first-order valence-electron chi connectivity index (χ1n) is 8.18. The lowest BCUT2D eigenvalue weighted by Gasteiger charge is -2.38. The van der Waals surface area contributed by atoms with Gasteiger partial charge in [0.1, 0.15) is 5.75 Å². The van der Waals surface area contributed by atoms with Crippen LogP contribution in [0.15, 0.2) is 24.3 Å². The number of likely N-dealkylation sites (tertiary alicyclic amines) is 2. The molecule has 24 heavy (non-hydrogen) atoms. The lowest BCUT2D eigenvalue weighted by Crippen LogP contribution is -2.50. The van der Waals surface area contributed by atoms with Crippen molar-refractivity contribution in [2.45, 2.75) is 25.9 Å². The van der Waals surface area contributed by atoms with Crippen LogP contribution >= 0.6 is 0 Å². The minimum atomic E-state index is -2.99. The Hall–Kier alpha value is -2.18. The number of piperidine rings is 1. The van der Waals surface area contributed by atoms with Crippen molar-refractivity contribution in [1.82, 2.24) is 9.80 Å². The molecule has 1 aromatic carbocycles. The molecule has 7 heteroatoms. The van der Waals surface area contributed by atoms with Crippen molar-refractivity contribution >= 4 is 11.8 Å². The first kappa shape index (κ1) is 16.7. The lowest BCUT2D eigenvalue weighted by atomic mass is 9.94. The van der Waals surface area contributed by atoms with Crippen LogP contribution in [-0.4, -0.2) is 54.4 Å². The van der Waals surface area contributed by atoms with E-state index in [9.17, 15) is 18.4 Å². The highest BCUT2D eigenvalue weighted by molar-refractivity contribution is 5.97. The van der Waals surface area contributed by atoms with E-state index in [-0.39, 0.29) is 29.0 Å². The Morgan fingerprint density at radius 2 is 1.79 bits per heavy atom. The SMILES string of the molecule is O=C(c1ccccc1OC(F)F)N1CCCC(C(=O)N2CCC2)C1. The van der Waals surface area contributed by atoms with Crippen molar-refractivity contribution in [3.8, 4) is 5.75 Å². The van der Waals surface area contributed by atoms with Gasteiger partial charge in [0.25, 0.3) is 5.91 Å². The summed E-state index contributed by atoms with van der Waals surface area (Å²) in [6.07, 6.45) is 2.52. The van der Waals surface area contributed by atoms with Crippen molar-refractivity contribution < 1.29 is 23.1 Å². The summed E-state index contributed by atoms with van der Waals surface area (Å²) in [5, 5.41) is 0. The fraction of sp³-hybridized carbons (Fsp3) is 0.529. The van der Waals surface area contributed by atoms with Gasteiger partial charge in [0, 0.05) is 26.2 Å². The molecule has 0 spiro atoms. The highest BCUT2D eigenvalue weighted by Gasteiger charge is 2.34. The number of benzene rings is 1. The number of para-hydroxylation sites is 1. The van der Waals surface area contributed by atoms with Gasteiger partial charge in [-0.25, -0.2) is 0 Å². The summed E-state index contributed by atoms with van der Waals surface area (Å²) in [5.74, 6) is -0.608. The maximum absolute atomic E-state index is 12.7. The standard InChI is InChI=1S/C17H20F2N2O3/c18-17(19)24-14-7-2-1-6-13(14)16(23)21-8-3-5-12(11-21)15(22)20-9-4-10-20/h1-2,6-7,12,17H,3-5,8-11H2. The number of carbonyl (C=O) groups excluding carboxylic acids is 2. The van der Waals surface area contributed by atoms with Crippen LogP contribution in [0.3, 0.4) is 0 Å². The monoisotopic (exact) mass is 338 g/mol. The molecular weight excluding hydrogens is 318 g/mol. The van der Waals surface area contributed by atoms with Crippen LogP contribution in [0, 0.1) is 5.92 Å². The van der Waals surface area contributed by atoms with E-state index in [4.69, 9.17) is 0 Å². The van der Waals surface area contributed by atoms with Gasteiger partial charge in [-0.15, -0.1) is 0 Å². The highest BCUT2D eigenvalue weighted by atomic mass is 19.3. The number of rotatable bonds is 4. The molecule has 2 saturated heterocycles. The summed E-state index contributed by atoms with van der Waals surface area (Å²) in [7, 11) is 0. The average molecular weight is 338 g/mol. The van der Waals surface area contributed by atoms with Gasteiger partial charge in [-0.3, -0.25) is 9.59 Å². The molecule has 0 radical (unpaired) electrons. The molecule has 3 rings (SSSR count). The fourth-order valence-electron chi connectivity index (χ4n) is 3.17. The molecule has 2 fully saturated rings. The largest absolute Gasteiger partial charge is 0.434 e. The third-order valence-corrected chi connectivity index (χ3v) is 4.56. The number of carbonyl (C=O) groups is 2. The van der Waals surface area contributed by atoms with E-state index >= 15 is 0 Å². The third kappa shape index (κ3) is 3.49. The topological polar surface area (TPSA) is 49.9 Å². The maximum atomic E-state index is 12.7. The van der Waals surface area contributed by atoms with Crippen molar-refractivity contribution in [3.63, 3.8) is 0 Å². The quantitative estimate of drug-likeness (QED) is 0.847. The van der Waals surface area contributed by atoms with Gasteiger partial charge < -0.3 is 14.5 Å². The Bertz CT molecular complexity index is 620. The van der Waals surface area contributed by atoms with Gasteiger partial charge in [-0.2, -0.15) is 8.78 Å². The smallest absolute Gasteiger partial charge is 0.387 e. The summed E-state index contributed by atoms with van der Waals surface area (Å²) < 4.78 is 29.5. The number of hydrogen-bond donors (Lipinski definition) is 0. The Labute approximate surface area is 139 Å². The summed E-state index contributed by atoms with van der Waals surface area (Å²) in [4.78, 5) is 28.4. The molecule has 1 unspecified atom stereocenters. The van der Waals surface area contributed by atoms with E-state index in [0.29, 0.717) is 13.1 Å². The molecule has 0 bridgehead atoms. The number of hydrogen-bond acceptors (Lipinski definition) is 3. The molecule has 2 amide bonds. The van der Waals surface area contributed by atoms with Crippen molar-refractivity contribution in [3.05, 3.63) is 29.8 Å². The number of halogens is 2. The molecule has 2 heterocycles. The van der Waals surface area contributed by atoms with E-state index in [0.717, 1.165) is 32.4 Å². The van der Waals surface area contributed by atoms with Gasteiger partial charge in [0.2, 0.25) is 5.91 Å². The molecule has 0 aliphatic carbocycles. The highest BCUT2D eigenvalue weighted by Crippen LogP contribution is 2.26. The predicted molar refractivity (Wildman–Crippen MR) is 82.9 cm³/mol. The van der Waals surface area contributed by atoms with Crippen LogP contribution in [0.1, 0.15) is 29.6 Å². The molecular formula is C17H20F2N2O3. The molecule has 0 saturated carbocycles. The van der Waals surface area contributed by atoms with Crippen LogP contribution in [0.4, 0.5) is 8.78 Å². The molecule has 2 aliphatic heterocycles. The van der Waals surface area contributed by atoms with Gasteiger partial charge in [0.15, 0.2) is 0 Å². The van der Waals surface area contributed by atoms with Crippen LogP contribution in [0.2, 0.25) is 0 Å². The number of amides is 2. The van der Waals surface area contributed by atoms with Crippen LogP contribution in [-0.2, 0) is 4.79 Å². The first-order valence-corrected chi connectivity index (χ1v) is 8.18.